The van der Waals surface area contributed by atoms with E-state index in [2.05, 4.69) is 10.6 Å². The molecule has 2 amide bonds. The number of halogens is 1. The van der Waals surface area contributed by atoms with Crippen LogP contribution in [-0.2, 0) is 0 Å². The summed E-state index contributed by atoms with van der Waals surface area (Å²) in [5.41, 5.74) is 1.02. The van der Waals surface area contributed by atoms with Gasteiger partial charge in [0.2, 0.25) is 0 Å². The maximum Gasteiger partial charge on any atom is 0.417 e. The second-order valence-corrected chi connectivity index (χ2v) is 4.94. The zero-order valence-electron chi connectivity index (χ0n) is 11.6. The maximum absolute atomic E-state index is 12.8. The van der Waals surface area contributed by atoms with Crippen molar-refractivity contribution in [1.29, 1.82) is 0 Å². The SMILES string of the molecule is CSC(=O)Nc1cccc(NC(=O)Oc2ccc(F)cc2)c1. The summed E-state index contributed by atoms with van der Waals surface area (Å²) >= 11 is 1.05. The highest BCUT2D eigenvalue weighted by Crippen LogP contribution is 2.17. The van der Waals surface area contributed by atoms with E-state index in [0.29, 0.717) is 11.4 Å². The van der Waals surface area contributed by atoms with E-state index in [1.54, 1.807) is 30.5 Å². The number of carbonyl (C=O) groups is 2. The number of rotatable bonds is 3. The molecule has 0 saturated heterocycles. The molecule has 0 aromatic heterocycles. The molecule has 7 heteroatoms. The van der Waals surface area contributed by atoms with Gasteiger partial charge in [0.05, 0.1) is 0 Å². The molecular weight excluding hydrogens is 307 g/mol. The smallest absolute Gasteiger partial charge is 0.410 e. The fraction of sp³-hybridized carbons (Fsp3) is 0.0667. The van der Waals surface area contributed by atoms with Gasteiger partial charge >= 0.3 is 6.09 Å². The second-order valence-electron chi connectivity index (χ2n) is 4.17. The van der Waals surface area contributed by atoms with Crippen LogP contribution in [-0.4, -0.2) is 17.6 Å². The van der Waals surface area contributed by atoms with Crippen LogP contribution in [0.4, 0.5) is 25.4 Å². The molecule has 0 spiro atoms. The molecule has 2 aromatic rings. The number of carbonyl (C=O) groups excluding carboxylic acids is 2. The van der Waals surface area contributed by atoms with E-state index in [4.69, 9.17) is 4.74 Å². The Morgan fingerprint density at radius 2 is 1.68 bits per heavy atom. The summed E-state index contributed by atoms with van der Waals surface area (Å²) in [7, 11) is 0. The highest BCUT2D eigenvalue weighted by Gasteiger charge is 2.07. The van der Waals surface area contributed by atoms with Crippen LogP contribution in [0.1, 0.15) is 0 Å². The predicted molar refractivity (Wildman–Crippen MR) is 85.0 cm³/mol. The average molecular weight is 320 g/mol. The molecule has 0 bridgehead atoms. The molecule has 0 unspecified atom stereocenters. The summed E-state index contributed by atoms with van der Waals surface area (Å²) in [4.78, 5) is 23.0. The molecule has 0 radical (unpaired) electrons. The van der Waals surface area contributed by atoms with Crippen molar-refractivity contribution in [1.82, 2.24) is 0 Å². The first-order valence-corrected chi connectivity index (χ1v) is 7.49. The maximum atomic E-state index is 12.8. The highest BCUT2D eigenvalue weighted by molar-refractivity contribution is 8.13. The van der Waals surface area contributed by atoms with E-state index >= 15 is 0 Å². The van der Waals surface area contributed by atoms with Gasteiger partial charge in [-0.2, -0.15) is 0 Å². The van der Waals surface area contributed by atoms with Crippen molar-refractivity contribution in [2.45, 2.75) is 0 Å². The van der Waals surface area contributed by atoms with Gasteiger partial charge in [0.25, 0.3) is 5.24 Å². The largest absolute Gasteiger partial charge is 0.417 e. The molecule has 22 heavy (non-hydrogen) atoms. The Balaban J connectivity index is 1.97. The van der Waals surface area contributed by atoms with Crippen molar-refractivity contribution in [3.8, 4) is 5.75 Å². The summed E-state index contributed by atoms with van der Waals surface area (Å²) in [6.07, 6.45) is 0.956. The highest BCUT2D eigenvalue weighted by atomic mass is 32.2. The van der Waals surface area contributed by atoms with Gasteiger partial charge in [-0.25, -0.2) is 9.18 Å². The Kier molecular flexibility index (Phi) is 5.37. The van der Waals surface area contributed by atoms with Gasteiger partial charge in [-0.3, -0.25) is 10.1 Å². The van der Waals surface area contributed by atoms with Crippen molar-refractivity contribution in [3.63, 3.8) is 0 Å². The lowest BCUT2D eigenvalue weighted by molar-refractivity contribution is 0.215. The lowest BCUT2D eigenvalue weighted by Gasteiger charge is -2.08. The molecule has 2 aromatic carbocycles. The number of amides is 2. The van der Waals surface area contributed by atoms with Gasteiger partial charge in [0.15, 0.2) is 0 Å². The molecule has 0 saturated carbocycles. The first-order chi connectivity index (χ1) is 10.6. The summed E-state index contributed by atoms with van der Waals surface area (Å²) in [5.74, 6) is -0.185. The molecule has 0 fully saturated rings. The number of nitrogens with one attached hydrogen (secondary N) is 2. The Morgan fingerprint density at radius 1 is 1.05 bits per heavy atom. The average Bonchev–Trinajstić information content (AvgIpc) is 2.49. The third-order valence-corrected chi connectivity index (χ3v) is 3.04. The van der Waals surface area contributed by atoms with E-state index in [9.17, 15) is 14.0 Å². The number of thioether (sulfide) groups is 1. The van der Waals surface area contributed by atoms with Crippen molar-refractivity contribution in [2.75, 3.05) is 16.9 Å². The van der Waals surface area contributed by atoms with Gasteiger partial charge < -0.3 is 10.1 Å². The van der Waals surface area contributed by atoms with Crippen LogP contribution >= 0.6 is 11.8 Å². The Bertz CT molecular complexity index is 677. The van der Waals surface area contributed by atoms with E-state index in [0.717, 1.165) is 11.8 Å². The van der Waals surface area contributed by atoms with Crippen LogP contribution in [0.15, 0.2) is 48.5 Å². The van der Waals surface area contributed by atoms with Crippen molar-refractivity contribution >= 4 is 34.5 Å². The standard InChI is InChI=1S/C15H13FN2O3S/c1-22-15(20)18-12-4-2-3-11(9-12)17-14(19)21-13-7-5-10(16)6-8-13/h2-9H,1H3,(H,17,19)(H,18,20). The molecule has 114 valence electrons. The van der Waals surface area contributed by atoms with Crippen LogP contribution in [0.5, 0.6) is 5.75 Å². The lowest BCUT2D eigenvalue weighted by atomic mass is 10.3. The molecular formula is C15H13FN2O3S. The summed E-state index contributed by atoms with van der Waals surface area (Å²) in [5, 5.41) is 4.97. The molecule has 2 N–H and O–H groups in total. The molecule has 0 aliphatic rings. The van der Waals surface area contributed by atoms with E-state index in [-0.39, 0.29) is 11.0 Å². The number of benzene rings is 2. The van der Waals surface area contributed by atoms with Crippen molar-refractivity contribution in [2.24, 2.45) is 0 Å². The predicted octanol–water partition coefficient (Wildman–Crippen LogP) is 4.33. The van der Waals surface area contributed by atoms with Crippen LogP contribution in [0, 0.1) is 5.82 Å². The fourth-order valence-electron chi connectivity index (χ4n) is 1.60. The Morgan fingerprint density at radius 3 is 2.32 bits per heavy atom. The number of anilines is 2. The second kappa shape index (κ2) is 7.46. The third-order valence-electron chi connectivity index (χ3n) is 2.56. The minimum atomic E-state index is -0.708. The minimum absolute atomic E-state index is 0.203. The first-order valence-electron chi connectivity index (χ1n) is 6.26. The monoisotopic (exact) mass is 320 g/mol. The van der Waals surface area contributed by atoms with E-state index in [1.165, 1.54) is 24.3 Å². The fourth-order valence-corrected chi connectivity index (χ4v) is 1.82. The molecule has 0 aliphatic carbocycles. The van der Waals surface area contributed by atoms with Gasteiger partial charge in [0.1, 0.15) is 11.6 Å². The Hall–Kier alpha value is -2.54. The van der Waals surface area contributed by atoms with Crippen LogP contribution in [0.3, 0.4) is 0 Å². The third kappa shape index (κ3) is 4.78. The van der Waals surface area contributed by atoms with Crippen LogP contribution < -0.4 is 15.4 Å². The summed E-state index contributed by atoms with van der Waals surface area (Å²) in [6.45, 7) is 0. The van der Waals surface area contributed by atoms with Crippen molar-refractivity contribution in [3.05, 3.63) is 54.3 Å². The topological polar surface area (TPSA) is 67.4 Å². The molecule has 5 nitrogen and oxygen atoms in total. The molecule has 0 heterocycles. The molecule has 0 atom stereocenters. The van der Waals surface area contributed by atoms with Crippen molar-refractivity contribution < 1.29 is 18.7 Å². The zero-order valence-corrected chi connectivity index (χ0v) is 12.4. The normalized spacial score (nSPS) is 9.91. The first kappa shape index (κ1) is 15.8. The number of hydrogen-bond donors (Lipinski definition) is 2. The zero-order chi connectivity index (χ0) is 15.9. The Labute approximate surface area is 130 Å². The minimum Gasteiger partial charge on any atom is -0.410 e. The van der Waals surface area contributed by atoms with Gasteiger partial charge in [-0.1, -0.05) is 17.8 Å². The molecule has 2 rings (SSSR count). The number of ether oxygens (including phenoxy) is 1. The van der Waals surface area contributed by atoms with E-state index < -0.39 is 11.9 Å². The van der Waals surface area contributed by atoms with Crippen LogP contribution in [0.25, 0.3) is 0 Å². The van der Waals surface area contributed by atoms with Gasteiger partial charge in [0, 0.05) is 11.4 Å². The summed E-state index contributed by atoms with van der Waals surface area (Å²) in [6, 6.07) is 11.7. The van der Waals surface area contributed by atoms with Gasteiger partial charge in [-0.15, -0.1) is 0 Å². The number of hydrogen-bond acceptors (Lipinski definition) is 4. The molecule has 0 aliphatic heterocycles. The van der Waals surface area contributed by atoms with Crippen LogP contribution in [0.2, 0.25) is 0 Å². The quantitative estimate of drug-likeness (QED) is 0.883. The van der Waals surface area contributed by atoms with E-state index in [1.807, 2.05) is 0 Å². The summed E-state index contributed by atoms with van der Waals surface area (Å²) < 4.78 is 17.8. The van der Waals surface area contributed by atoms with Gasteiger partial charge in [-0.05, 0) is 48.7 Å². The lowest BCUT2D eigenvalue weighted by Crippen LogP contribution is -2.16.